The van der Waals surface area contributed by atoms with Crippen LogP contribution in [0.1, 0.15) is 41.3 Å². The Labute approximate surface area is 166 Å². The van der Waals surface area contributed by atoms with Crippen LogP contribution in [-0.2, 0) is 20.1 Å². The first-order chi connectivity index (χ1) is 13.7. The van der Waals surface area contributed by atoms with E-state index in [4.69, 9.17) is 0 Å². The monoisotopic (exact) mass is 377 g/mol. The summed E-state index contributed by atoms with van der Waals surface area (Å²) in [5, 5.41) is 11.0. The van der Waals surface area contributed by atoms with E-state index in [0.717, 1.165) is 48.3 Å². The van der Waals surface area contributed by atoms with Crippen molar-refractivity contribution >= 4 is 5.91 Å². The zero-order valence-corrected chi connectivity index (χ0v) is 16.5. The molecule has 0 atom stereocenters. The third kappa shape index (κ3) is 5.27. The second-order valence-electron chi connectivity index (χ2n) is 6.83. The summed E-state index contributed by atoms with van der Waals surface area (Å²) in [4.78, 5) is 16.2. The molecule has 146 valence electrons. The lowest BCUT2D eigenvalue weighted by Crippen LogP contribution is -2.24. The second-order valence-corrected chi connectivity index (χ2v) is 6.83. The highest BCUT2D eigenvalue weighted by Crippen LogP contribution is 2.20. The molecule has 0 bridgehead atoms. The van der Waals surface area contributed by atoms with E-state index in [2.05, 4.69) is 27.6 Å². The van der Waals surface area contributed by atoms with Gasteiger partial charge in [-0.1, -0.05) is 25.5 Å². The first-order valence-electron chi connectivity index (χ1n) is 9.68. The Morgan fingerprint density at radius 3 is 2.68 bits per heavy atom. The van der Waals surface area contributed by atoms with E-state index in [9.17, 15) is 4.79 Å². The molecule has 0 aliphatic heterocycles. The molecule has 6 heteroatoms. The minimum atomic E-state index is -0.00979. The highest BCUT2D eigenvalue weighted by Gasteiger charge is 2.10. The SMILES string of the molecule is CCCCNC(=O)c1ccc(CNCc2cn(C)nc2-c2cccnc2)cc1. The second kappa shape index (κ2) is 9.80. The number of hydrogen-bond acceptors (Lipinski definition) is 4. The fourth-order valence-corrected chi connectivity index (χ4v) is 3.01. The van der Waals surface area contributed by atoms with Crippen LogP contribution in [0.3, 0.4) is 0 Å². The van der Waals surface area contributed by atoms with Crippen LogP contribution >= 0.6 is 0 Å². The summed E-state index contributed by atoms with van der Waals surface area (Å²) in [5.74, 6) is -0.00979. The largest absolute Gasteiger partial charge is 0.352 e. The van der Waals surface area contributed by atoms with E-state index in [1.54, 1.807) is 6.20 Å². The van der Waals surface area contributed by atoms with Crippen molar-refractivity contribution in [2.45, 2.75) is 32.9 Å². The summed E-state index contributed by atoms with van der Waals surface area (Å²) in [7, 11) is 1.92. The summed E-state index contributed by atoms with van der Waals surface area (Å²) >= 11 is 0. The summed E-state index contributed by atoms with van der Waals surface area (Å²) in [6.07, 6.45) is 7.70. The zero-order valence-electron chi connectivity index (χ0n) is 16.5. The minimum Gasteiger partial charge on any atom is -0.352 e. The third-order valence-corrected chi connectivity index (χ3v) is 4.52. The number of carbonyl (C=O) groups is 1. The van der Waals surface area contributed by atoms with E-state index >= 15 is 0 Å². The molecule has 1 amide bonds. The molecule has 3 aromatic rings. The Balaban J connectivity index is 1.55. The number of unbranched alkanes of at least 4 members (excludes halogenated alkanes) is 1. The van der Waals surface area contributed by atoms with Gasteiger partial charge in [-0.15, -0.1) is 0 Å². The molecule has 0 aliphatic carbocycles. The minimum absolute atomic E-state index is 0.00979. The fraction of sp³-hybridized carbons (Fsp3) is 0.318. The average Bonchev–Trinajstić information content (AvgIpc) is 3.10. The lowest BCUT2D eigenvalue weighted by atomic mass is 10.1. The van der Waals surface area contributed by atoms with Crippen molar-refractivity contribution in [1.82, 2.24) is 25.4 Å². The summed E-state index contributed by atoms with van der Waals surface area (Å²) < 4.78 is 1.82. The maximum absolute atomic E-state index is 12.1. The van der Waals surface area contributed by atoms with Crippen molar-refractivity contribution in [1.29, 1.82) is 0 Å². The molecule has 28 heavy (non-hydrogen) atoms. The molecule has 2 heterocycles. The van der Waals surface area contributed by atoms with Crippen molar-refractivity contribution in [3.63, 3.8) is 0 Å². The maximum Gasteiger partial charge on any atom is 0.251 e. The van der Waals surface area contributed by atoms with E-state index in [1.807, 2.05) is 60.5 Å². The van der Waals surface area contributed by atoms with Gasteiger partial charge in [0.1, 0.15) is 0 Å². The Morgan fingerprint density at radius 2 is 1.96 bits per heavy atom. The van der Waals surface area contributed by atoms with E-state index < -0.39 is 0 Å². The number of benzene rings is 1. The molecular weight excluding hydrogens is 350 g/mol. The molecular formula is C22H27N5O. The van der Waals surface area contributed by atoms with Crippen LogP contribution in [0.2, 0.25) is 0 Å². The molecule has 0 unspecified atom stereocenters. The number of aromatic nitrogens is 3. The van der Waals surface area contributed by atoms with Crippen molar-refractivity contribution in [2.24, 2.45) is 7.05 Å². The Bertz CT molecular complexity index is 887. The first kappa shape index (κ1) is 19.8. The van der Waals surface area contributed by atoms with Crippen molar-refractivity contribution < 1.29 is 4.79 Å². The predicted molar refractivity (Wildman–Crippen MR) is 111 cm³/mol. The van der Waals surface area contributed by atoms with Crippen molar-refractivity contribution in [2.75, 3.05) is 6.54 Å². The predicted octanol–water partition coefficient (Wildman–Crippen LogP) is 3.30. The van der Waals surface area contributed by atoms with Crippen LogP contribution in [0.4, 0.5) is 0 Å². The fourth-order valence-electron chi connectivity index (χ4n) is 3.01. The number of nitrogens with zero attached hydrogens (tertiary/aromatic N) is 3. The van der Waals surface area contributed by atoms with Crippen molar-refractivity contribution in [3.05, 3.63) is 71.7 Å². The summed E-state index contributed by atoms with van der Waals surface area (Å²) in [6, 6.07) is 11.7. The number of pyridine rings is 1. The molecule has 0 saturated heterocycles. The van der Waals surface area contributed by atoms with Crippen LogP contribution < -0.4 is 10.6 Å². The molecule has 0 fully saturated rings. The number of hydrogen-bond donors (Lipinski definition) is 2. The summed E-state index contributed by atoms with van der Waals surface area (Å²) in [6.45, 7) is 4.26. The molecule has 0 saturated carbocycles. The zero-order chi connectivity index (χ0) is 19.8. The highest BCUT2D eigenvalue weighted by molar-refractivity contribution is 5.94. The smallest absolute Gasteiger partial charge is 0.251 e. The molecule has 2 aromatic heterocycles. The van der Waals surface area contributed by atoms with Crippen LogP contribution in [0.5, 0.6) is 0 Å². The average molecular weight is 377 g/mol. The van der Waals surface area contributed by atoms with Gasteiger partial charge < -0.3 is 10.6 Å². The first-order valence-corrected chi connectivity index (χ1v) is 9.68. The number of nitrogens with one attached hydrogen (secondary N) is 2. The van der Waals surface area contributed by atoms with Gasteiger partial charge in [0.25, 0.3) is 5.91 Å². The quantitative estimate of drug-likeness (QED) is 0.561. The van der Waals surface area contributed by atoms with E-state index in [1.165, 1.54) is 0 Å². The molecule has 1 aromatic carbocycles. The van der Waals surface area contributed by atoms with Crippen LogP contribution in [-0.4, -0.2) is 27.2 Å². The van der Waals surface area contributed by atoms with Gasteiger partial charge >= 0.3 is 0 Å². The van der Waals surface area contributed by atoms with Gasteiger partial charge in [-0.05, 0) is 36.2 Å². The Hall–Kier alpha value is -2.99. The maximum atomic E-state index is 12.1. The summed E-state index contributed by atoms with van der Waals surface area (Å²) in [5.41, 5.74) is 4.92. The topological polar surface area (TPSA) is 71.8 Å². The molecule has 2 N–H and O–H groups in total. The highest BCUT2D eigenvalue weighted by atomic mass is 16.1. The molecule has 3 rings (SSSR count). The molecule has 0 aliphatic rings. The normalized spacial score (nSPS) is 10.8. The lowest BCUT2D eigenvalue weighted by molar-refractivity contribution is 0.0953. The Morgan fingerprint density at radius 1 is 1.14 bits per heavy atom. The van der Waals surface area contributed by atoms with Crippen molar-refractivity contribution in [3.8, 4) is 11.3 Å². The van der Waals surface area contributed by atoms with Gasteiger partial charge in [0.05, 0.1) is 5.69 Å². The standard InChI is InChI=1S/C22H27N5O/c1-3-4-12-25-22(28)18-9-7-17(8-10-18)13-24-15-20-16-27(2)26-21(20)19-6-5-11-23-14-19/h5-11,14,16,24H,3-4,12-13,15H2,1-2H3,(H,25,28). The van der Waals surface area contributed by atoms with Gasteiger partial charge in [-0.2, -0.15) is 5.10 Å². The van der Waals surface area contributed by atoms with Gasteiger partial charge in [-0.3, -0.25) is 14.5 Å². The molecule has 0 radical (unpaired) electrons. The van der Waals surface area contributed by atoms with Crippen LogP contribution in [0.15, 0.2) is 55.0 Å². The number of carbonyl (C=O) groups excluding carboxylic acids is 1. The lowest BCUT2D eigenvalue weighted by Gasteiger charge is -2.07. The van der Waals surface area contributed by atoms with E-state index in [-0.39, 0.29) is 5.91 Å². The third-order valence-electron chi connectivity index (χ3n) is 4.52. The number of amides is 1. The number of aryl methyl sites for hydroxylation is 1. The van der Waals surface area contributed by atoms with Crippen LogP contribution in [0, 0.1) is 0 Å². The van der Waals surface area contributed by atoms with Gasteiger partial charge in [0.15, 0.2) is 0 Å². The van der Waals surface area contributed by atoms with Gasteiger partial charge in [0.2, 0.25) is 0 Å². The van der Waals surface area contributed by atoms with E-state index in [0.29, 0.717) is 12.1 Å². The molecule has 0 spiro atoms. The number of rotatable bonds is 9. The molecule has 6 nitrogen and oxygen atoms in total. The van der Waals surface area contributed by atoms with Crippen LogP contribution in [0.25, 0.3) is 11.3 Å². The van der Waals surface area contributed by atoms with Gasteiger partial charge in [-0.25, -0.2) is 0 Å². The Kier molecular flexibility index (Phi) is 6.92. The van der Waals surface area contributed by atoms with Gasteiger partial charge in [0, 0.05) is 62.0 Å².